The average molecular weight is 485 g/mol. The number of thiophene rings is 1. The summed E-state index contributed by atoms with van der Waals surface area (Å²) >= 11 is 3.06. The third kappa shape index (κ3) is 4.73. The molecular weight excluding hydrogens is 459 g/mol. The van der Waals surface area contributed by atoms with Crippen LogP contribution in [0.4, 0.5) is 4.39 Å². The van der Waals surface area contributed by atoms with Crippen LogP contribution in [0, 0.1) is 5.82 Å². The minimum absolute atomic E-state index is 0.0985. The lowest BCUT2D eigenvalue weighted by Crippen LogP contribution is -2.33. The summed E-state index contributed by atoms with van der Waals surface area (Å²) in [7, 11) is 0. The fourth-order valence-corrected chi connectivity index (χ4v) is 5.59. The second-order valence-corrected chi connectivity index (χ2v) is 10.4. The monoisotopic (exact) mass is 484 g/mol. The Hall–Kier alpha value is -2.56. The summed E-state index contributed by atoms with van der Waals surface area (Å²) in [5.74, 6) is 1.63. The predicted molar refractivity (Wildman–Crippen MR) is 127 cm³/mol. The van der Waals surface area contributed by atoms with Crippen LogP contribution in [0.15, 0.2) is 51.4 Å². The van der Waals surface area contributed by atoms with E-state index in [2.05, 4.69) is 32.2 Å². The van der Waals surface area contributed by atoms with Crippen LogP contribution in [0.3, 0.4) is 0 Å². The standard InChI is InChI=1S/C23H25FN6OS2/c1-15(29-12-4-3-5-13-29)20-25-28-23(30(20)18-10-8-17(24)9-11-18)33-16(2)21-26-27-22(31-21)19-7-6-14-32-19/h6-11,14-16H,3-5,12-13H2,1-2H3/t15-,16-/m1/s1. The summed E-state index contributed by atoms with van der Waals surface area (Å²) in [6.07, 6.45) is 3.65. The van der Waals surface area contributed by atoms with Gasteiger partial charge in [0.05, 0.1) is 16.2 Å². The molecule has 5 rings (SSSR count). The molecule has 0 N–H and O–H groups in total. The van der Waals surface area contributed by atoms with Crippen molar-refractivity contribution in [3.63, 3.8) is 0 Å². The maximum absolute atomic E-state index is 13.6. The van der Waals surface area contributed by atoms with Crippen LogP contribution >= 0.6 is 23.1 Å². The number of piperidine rings is 1. The molecule has 0 bridgehead atoms. The zero-order valence-electron chi connectivity index (χ0n) is 18.5. The Bertz CT molecular complexity index is 1180. The van der Waals surface area contributed by atoms with Gasteiger partial charge in [0.2, 0.25) is 5.89 Å². The first-order valence-electron chi connectivity index (χ1n) is 11.1. The molecule has 1 aromatic carbocycles. The van der Waals surface area contributed by atoms with Gasteiger partial charge in [-0.25, -0.2) is 4.39 Å². The van der Waals surface area contributed by atoms with Crippen LogP contribution in [0.5, 0.6) is 0 Å². The number of hydrogen-bond donors (Lipinski definition) is 0. The minimum Gasteiger partial charge on any atom is -0.419 e. The minimum atomic E-state index is -0.271. The van der Waals surface area contributed by atoms with Crippen LogP contribution in [0.25, 0.3) is 16.5 Å². The van der Waals surface area contributed by atoms with Crippen molar-refractivity contribution in [1.29, 1.82) is 0 Å². The second kappa shape index (κ2) is 9.74. The molecule has 33 heavy (non-hydrogen) atoms. The van der Waals surface area contributed by atoms with Gasteiger partial charge in [0.1, 0.15) is 5.82 Å². The summed E-state index contributed by atoms with van der Waals surface area (Å²) in [6.45, 7) is 6.26. The van der Waals surface area contributed by atoms with Gasteiger partial charge < -0.3 is 4.42 Å². The second-order valence-electron chi connectivity index (χ2n) is 8.11. The van der Waals surface area contributed by atoms with Crippen molar-refractivity contribution in [1.82, 2.24) is 29.9 Å². The SMILES string of the molecule is C[C@H](c1nnc(S[C@H](C)c2nnc(-c3cccs3)o2)n1-c1ccc(F)cc1)N1CCCCC1. The van der Waals surface area contributed by atoms with E-state index in [1.54, 1.807) is 23.5 Å². The largest absolute Gasteiger partial charge is 0.419 e. The highest BCUT2D eigenvalue weighted by Gasteiger charge is 2.27. The number of aromatic nitrogens is 5. The normalized spacial score (nSPS) is 16.7. The molecule has 172 valence electrons. The summed E-state index contributed by atoms with van der Waals surface area (Å²) in [6, 6.07) is 10.5. The highest BCUT2D eigenvalue weighted by atomic mass is 32.2. The number of hydrogen-bond acceptors (Lipinski definition) is 8. The molecule has 1 fully saturated rings. The van der Waals surface area contributed by atoms with Gasteiger partial charge >= 0.3 is 0 Å². The zero-order chi connectivity index (χ0) is 22.8. The van der Waals surface area contributed by atoms with Crippen LogP contribution in [-0.2, 0) is 0 Å². The molecule has 4 heterocycles. The van der Waals surface area contributed by atoms with E-state index in [4.69, 9.17) is 4.42 Å². The van der Waals surface area contributed by atoms with Crippen molar-refractivity contribution >= 4 is 23.1 Å². The first-order valence-corrected chi connectivity index (χ1v) is 12.9. The number of rotatable bonds is 7. The van der Waals surface area contributed by atoms with Crippen LogP contribution in [0.1, 0.15) is 56.1 Å². The highest BCUT2D eigenvalue weighted by molar-refractivity contribution is 7.99. The van der Waals surface area contributed by atoms with Crippen molar-refractivity contribution in [3.05, 3.63) is 59.3 Å². The van der Waals surface area contributed by atoms with Gasteiger partial charge in [0.15, 0.2) is 11.0 Å². The molecule has 4 aromatic rings. The Kier molecular flexibility index (Phi) is 6.57. The maximum Gasteiger partial charge on any atom is 0.257 e. The summed E-state index contributed by atoms with van der Waals surface area (Å²) in [5, 5.41) is 20.1. The number of thioether (sulfide) groups is 1. The Labute approximate surface area is 200 Å². The van der Waals surface area contributed by atoms with E-state index < -0.39 is 0 Å². The molecule has 0 radical (unpaired) electrons. The molecule has 0 spiro atoms. The van der Waals surface area contributed by atoms with Gasteiger partial charge in [-0.05, 0) is 75.5 Å². The van der Waals surface area contributed by atoms with Crippen LogP contribution < -0.4 is 0 Å². The van der Waals surface area contributed by atoms with Gasteiger partial charge in [0, 0.05) is 5.69 Å². The Morgan fingerprint density at radius 3 is 2.52 bits per heavy atom. The molecule has 3 aromatic heterocycles. The summed E-state index contributed by atoms with van der Waals surface area (Å²) < 4.78 is 21.6. The van der Waals surface area contributed by atoms with Gasteiger partial charge in [-0.3, -0.25) is 9.47 Å². The quantitative estimate of drug-likeness (QED) is 0.302. The molecule has 1 saturated heterocycles. The lowest BCUT2D eigenvalue weighted by molar-refractivity contribution is 0.167. The number of nitrogens with zero attached hydrogens (tertiary/aromatic N) is 6. The Morgan fingerprint density at radius 2 is 1.79 bits per heavy atom. The van der Waals surface area contributed by atoms with Gasteiger partial charge in [0.25, 0.3) is 5.89 Å². The van der Waals surface area contributed by atoms with E-state index >= 15 is 0 Å². The average Bonchev–Trinajstić information content (AvgIpc) is 3.60. The summed E-state index contributed by atoms with van der Waals surface area (Å²) in [5.41, 5.74) is 0.833. The van der Waals surface area contributed by atoms with E-state index in [1.807, 2.05) is 29.0 Å². The van der Waals surface area contributed by atoms with Crippen LogP contribution in [-0.4, -0.2) is 43.0 Å². The molecule has 10 heteroatoms. The maximum atomic E-state index is 13.6. The third-order valence-electron chi connectivity index (χ3n) is 5.86. The van der Waals surface area contributed by atoms with Gasteiger partial charge in [-0.2, -0.15) is 0 Å². The van der Waals surface area contributed by atoms with Crippen molar-refractivity contribution in [2.45, 2.75) is 49.6 Å². The molecule has 1 aliphatic rings. The van der Waals surface area contributed by atoms with Gasteiger partial charge in [-0.1, -0.05) is 24.2 Å². The van der Waals surface area contributed by atoms with Crippen LogP contribution in [0.2, 0.25) is 0 Å². The summed E-state index contributed by atoms with van der Waals surface area (Å²) in [4.78, 5) is 3.38. The molecule has 0 aliphatic carbocycles. The molecule has 7 nitrogen and oxygen atoms in total. The number of halogens is 1. The van der Waals surface area contributed by atoms with E-state index in [0.717, 1.165) is 29.5 Å². The van der Waals surface area contributed by atoms with Crippen molar-refractivity contribution < 1.29 is 8.81 Å². The fourth-order valence-electron chi connectivity index (χ4n) is 4.04. The first kappa shape index (κ1) is 22.2. The van der Waals surface area contributed by atoms with Gasteiger partial charge in [-0.15, -0.1) is 31.7 Å². The number of likely N-dealkylation sites (tertiary alicyclic amines) is 1. The van der Waals surface area contributed by atoms with Crippen molar-refractivity contribution in [2.24, 2.45) is 0 Å². The fraction of sp³-hybridized carbons (Fsp3) is 0.391. The predicted octanol–water partition coefficient (Wildman–Crippen LogP) is 5.92. The molecule has 1 aliphatic heterocycles. The Balaban J connectivity index is 1.45. The highest BCUT2D eigenvalue weighted by Crippen LogP contribution is 2.37. The Morgan fingerprint density at radius 1 is 1.00 bits per heavy atom. The van der Waals surface area contributed by atoms with E-state index in [9.17, 15) is 4.39 Å². The van der Waals surface area contributed by atoms with E-state index in [-0.39, 0.29) is 17.1 Å². The van der Waals surface area contributed by atoms with E-state index in [1.165, 1.54) is 43.2 Å². The molecule has 2 atom stereocenters. The smallest absolute Gasteiger partial charge is 0.257 e. The molecule has 0 saturated carbocycles. The van der Waals surface area contributed by atoms with Crippen molar-refractivity contribution in [2.75, 3.05) is 13.1 Å². The topological polar surface area (TPSA) is 72.9 Å². The number of benzene rings is 1. The van der Waals surface area contributed by atoms with E-state index in [0.29, 0.717) is 16.9 Å². The third-order valence-corrected chi connectivity index (χ3v) is 7.75. The molecule has 0 unspecified atom stereocenters. The van der Waals surface area contributed by atoms with Crippen molar-refractivity contribution in [3.8, 4) is 16.5 Å². The molecular formula is C23H25FN6OS2. The molecule has 0 amide bonds. The lowest BCUT2D eigenvalue weighted by Gasteiger charge is -2.31. The first-order chi connectivity index (χ1) is 16.1. The lowest BCUT2D eigenvalue weighted by atomic mass is 10.1. The zero-order valence-corrected chi connectivity index (χ0v) is 20.2.